The molecule has 1 unspecified atom stereocenters. The van der Waals surface area contributed by atoms with Crippen LogP contribution in [0.25, 0.3) is 0 Å². The molecule has 1 atom stereocenters. The van der Waals surface area contributed by atoms with Gasteiger partial charge >= 0.3 is 6.01 Å². The van der Waals surface area contributed by atoms with Crippen molar-refractivity contribution in [2.45, 2.75) is 43.6 Å². The van der Waals surface area contributed by atoms with Crippen LogP contribution in [0.1, 0.15) is 31.7 Å². The van der Waals surface area contributed by atoms with Gasteiger partial charge in [0.2, 0.25) is 15.9 Å². The zero-order valence-corrected chi connectivity index (χ0v) is 16.5. The van der Waals surface area contributed by atoms with Crippen molar-refractivity contribution in [3.8, 4) is 11.9 Å². The predicted molar refractivity (Wildman–Crippen MR) is 101 cm³/mol. The zero-order valence-electron chi connectivity index (χ0n) is 15.7. The first-order valence-corrected chi connectivity index (χ1v) is 10.6. The van der Waals surface area contributed by atoms with E-state index in [1.165, 1.54) is 11.4 Å². The Balaban J connectivity index is 1.70. The Morgan fingerprint density at radius 2 is 2.00 bits per heavy atom. The summed E-state index contributed by atoms with van der Waals surface area (Å²) in [5.74, 6) is 0.384. The lowest BCUT2D eigenvalue weighted by molar-refractivity contribution is 0.123. The maximum absolute atomic E-state index is 13.0. The molecule has 1 aromatic carbocycles. The van der Waals surface area contributed by atoms with Crippen molar-refractivity contribution in [1.29, 1.82) is 0 Å². The predicted octanol–water partition coefficient (Wildman–Crippen LogP) is 2.67. The van der Waals surface area contributed by atoms with Crippen LogP contribution in [-0.2, 0) is 16.4 Å². The Kier molecular flexibility index (Phi) is 6.28. The number of benzene rings is 1. The van der Waals surface area contributed by atoms with Gasteiger partial charge < -0.3 is 9.47 Å². The first kappa shape index (κ1) is 19.6. The van der Waals surface area contributed by atoms with E-state index < -0.39 is 10.0 Å². The summed E-state index contributed by atoms with van der Waals surface area (Å²) in [4.78, 5) is 8.41. The van der Waals surface area contributed by atoms with E-state index in [1.54, 1.807) is 24.4 Å². The van der Waals surface area contributed by atoms with E-state index in [1.807, 2.05) is 12.1 Å². The van der Waals surface area contributed by atoms with Crippen LogP contribution in [0.3, 0.4) is 0 Å². The Labute approximate surface area is 160 Å². The molecule has 27 heavy (non-hydrogen) atoms. The van der Waals surface area contributed by atoms with E-state index in [9.17, 15) is 8.42 Å². The second-order valence-electron chi connectivity index (χ2n) is 6.52. The maximum Gasteiger partial charge on any atom is 0.319 e. The monoisotopic (exact) mass is 391 g/mol. The Hall–Kier alpha value is -2.19. The smallest absolute Gasteiger partial charge is 0.319 e. The molecule has 7 nitrogen and oxygen atoms in total. The van der Waals surface area contributed by atoms with E-state index in [0.717, 1.165) is 31.2 Å². The van der Waals surface area contributed by atoms with Gasteiger partial charge in [-0.15, -0.1) is 0 Å². The number of nitrogens with zero attached hydrogens (tertiary/aromatic N) is 3. The van der Waals surface area contributed by atoms with Crippen LogP contribution in [0.15, 0.2) is 41.4 Å². The molecule has 0 bridgehead atoms. The SMILES string of the molecule is CCCc1ccc(S(=O)(=O)N2CCCC(Oc3ccnc(OC)n3)C2)cc1. The summed E-state index contributed by atoms with van der Waals surface area (Å²) in [6.07, 6.45) is 4.78. The molecular formula is C19H25N3O4S. The highest BCUT2D eigenvalue weighted by Gasteiger charge is 2.31. The van der Waals surface area contributed by atoms with Gasteiger partial charge in [0.25, 0.3) is 0 Å². The van der Waals surface area contributed by atoms with Crippen molar-refractivity contribution >= 4 is 10.0 Å². The number of aryl methyl sites for hydroxylation is 1. The van der Waals surface area contributed by atoms with Gasteiger partial charge in [-0.3, -0.25) is 0 Å². The van der Waals surface area contributed by atoms with Crippen molar-refractivity contribution in [3.63, 3.8) is 0 Å². The average molecular weight is 391 g/mol. The van der Waals surface area contributed by atoms with Gasteiger partial charge in [-0.2, -0.15) is 9.29 Å². The first-order valence-electron chi connectivity index (χ1n) is 9.15. The number of hydrogen-bond donors (Lipinski definition) is 0. The molecule has 8 heteroatoms. The lowest BCUT2D eigenvalue weighted by Crippen LogP contribution is -2.44. The number of piperidine rings is 1. The normalized spacial score (nSPS) is 18.2. The molecular weight excluding hydrogens is 366 g/mol. The standard InChI is InChI=1S/C19H25N3O4S/c1-3-5-15-7-9-17(10-8-15)27(23,24)22-13-4-6-16(14-22)26-18-11-12-20-19(21-18)25-2/h7-12,16H,3-6,13-14H2,1-2H3. The van der Waals surface area contributed by atoms with Gasteiger partial charge in [-0.05, 0) is 37.0 Å². The molecule has 0 radical (unpaired) electrons. The molecule has 2 heterocycles. The van der Waals surface area contributed by atoms with Crippen LogP contribution < -0.4 is 9.47 Å². The van der Waals surface area contributed by atoms with Crippen LogP contribution in [0.5, 0.6) is 11.9 Å². The summed E-state index contributed by atoms with van der Waals surface area (Å²) in [7, 11) is -2.05. The van der Waals surface area contributed by atoms with Crippen LogP contribution in [0.2, 0.25) is 0 Å². The van der Waals surface area contributed by atoms with E-state index >= 15 is 0 Å². The number of ether oxygens (including phenoxy) is 2. The van der Waals surface area contributed by atoms with Crippen molar-refractivity contribution in [3.05, 3.63) is 42.1 Å². The quantitative estimate of drug-likeness (QED) is 0.722. The summed E-state index contributed by atoms with van der Waals surface area (Å²) in [5.41, 5.74) is 1.15. The Morgan fingerprint density at radius 1 is 1.22 bits per heavy atom. The minimum atomic E-state index is -3.54. The lowest BCUT2D eigenvalue weighted by Gasteiger charge is -2.31. The minimum Gasteiger partial charge on any atom is -0.473 e. The second kappa shape index (κ2) is 8.67. The van der Waals surface area contributed by atoms with E-state index in [0.29, 0.717) is 23.9 Å². The van der Waals surface area contributed by atoms with Crippen LogP contribution in [0.4, 0.5) is 0 Å². The highest BCUT2D eigenvalue weighted by molar-refractivity contribution is 7.89. The molecule has 0 spiro atoms. The molecule has 1 aliphatic heterocycles. The number of aromatic nitrogens is 2. The van der Waals surface area contributed by atoms with Crippen LogP contribution in [0, 0.1) is 0 Å². The molecule has 3 rings (SSSR count). The Morgan fingerprint density at radius 3 is 2.70 bits per heavy atom. The van der Waals surface area contributed by atoms with E-state index in [-0.39, 0.29) is 12.1 Å². The molecule has 0 N–H and O–H groups in total. The third-order valence-electron chi connectivity index (χ3n) is 4.52. The Bertz CT molecular complexity index is 856. The summed E-state index contributed by atoms with van der Waals surface area (Å²) >= 11 is 0. The van der Waals surface area contributed by atoms with Crippen molar-refractivity contribution in [2.24, 2.45) is 0 Å². The van der Waals surface area contributed by atoms with Crippen molar-refractivity contribution in [1.82, 2.24) is 14.3 Å². The molecule has 1 fully saturated rings. The van der Waals surface area contributed by atoms with Gasteiger partial charge in [0.05, 0.1) is 18.6 Å². The molecule has 0 aliphatic carbocycles. The van der Waals surface area contributed by atoms with E-state index in [4.69, 9.17) is 9.47 Å². The number of sulfonamides is 1. The van der Waals surface area contributed by atoms with Crippen molar-refractivity contribution in [2.75, 3.05) is 20.2 Å². The van der Waals surface area contributed by atoms with Crippen LogP contribution in [-0.4, -0.2) is 49.0 Å². The van der Waals surface area contributed by atoms with E-state index in [2.05, 4.69) is 16.9 Å². The van der Waals surface area contributed by atoms with Gasteiger partial charge in [-0.1, -0.05) is 25.5 Å². The average Bonchev–Trinajstić information content (AvgIpc) is 2.69. The summed E-state index contributed by atoms with van der Waals surface area (Å²) in [6.45, 7) is 2.89. The fraction of sp³-hybridized carbons (Fsp3) is 0.474. The summed E-state index contributed by atoms with van der Waals surface area (Å²) < 4.78 is 38.3. The summed E-state index contributed by atoms with van der Waals surface area (Å²) in [5, 5.41) is 0. The third-order valence-corrected chi connectivity index (χ3v) is 6.40. The fourth-order valence-electron chi connectivity index (χ4n) is 3.15. The number of methoxy groups -OCH3 is 1. The molecule has 0 saturated carbocycles. The van der Waals surface area contributed by atoms with Gasteiger partial charge in [0.1, 0.15) is 6.10 Å². The molecule has 1 aromatic heterocycles. The largest absolute Gasteiger partial charge is 0.473 e. The van der Waals surface area contributed by atoms with Gasteiger partial charge in [-0.25, -0.2) is 13.4 Å². The lowest BCUT2D eigenvalue weighted by atomic mass is 10.1. The molecule has 146 valence electrons. The topological polar surface area (TPSA) is 81.6 Å². The highest BCUT2D eigenvalue weighted by atomic mass is 32.2. The fourth-order valence-corrected chi connectivity index (χ4v) is 4.66. The van der Waals surface area contributed by atoms with Crippen LogP contribution >= 0.6 is 0 Å². The molecule has 1 aliphatic rings. The molecule has 0 amide bonds. The zero-order chi connectivity index (χ0) is 19.3. The van der Waals surface area contributed by atoms with Crippen molar-refractivity contribution < 1.29 is 17.9 Å². The molecule has 1 saturated heterocycles. The number of rotatable bonds is 7. The van der Waals surface area contributed by atoms with Gasteiger partial charge in [0, 0.05) is 18.8 Å². The van der Waals surface area contributed by atoms with Gasteiger partial charge in [0.15, 0.2) is 0 Å². The highest BCUT2D eigenvalue weighted by Crippen LogP contribution is 2.24. The third kappa shape index (κ3) is 4.75. The minimum absolute atomic E-state index is 0.222. The second-order valence-corrected chi connectivity index (χ2v) is 8.46. The first-order chi connectivity index (χ1) is 13.0. The maximum atomic E-state index is 13.0. The number of hydrogen-bond acceptors (Lipinski definition) is 6. The summed E-state index contributed by atoms with van der Waals surface area (Å²) in [6, 6.07) is 9.03. The molecule has 2 aromatic rings.